The van der Waals surface area contributed by atoms with Crippen LogP contribution in [0, 0.1) is 13.8 Å². The number of sulfonamides is 1. The fourth-order valence-electron chi connectivity index (χ4n) is 1.65. The molecule has 1 N–H and O–H groups in total. The SMILES string of the molecule is Cc1cccc(Cl)c1NS(=O)(=O)c1cc(Br)sc1C. The van der Waals surface area contributed by atoms with E-state index < -0.39 is 10.0 Å². The van der Waals surface area contributed by atoms with Gasteiger partial charge in [0.2, 0.25) is 0 Å². The van der Waals surface area contributed by atoms with E-state index in [2.05, 4.69) is 20.7 Å². The van der Waals surface area contributed by atoms with Crippen molar-refractivity contribution in [2.24, 2.45) is 0 Å². The van der Waals surface area contributed by atoms with Crippen LogP contribution >= 0.6 is 38.9 Å². The van der Waals surface area contributed by atoms with Gasteiger partial charge in [-0.2, -0.15) is 0 Å². The van der Waals surface area contributed by atoms with Crippen molar-refractivity contribution in [1.82, 2.24) is 0 Å². The molecule has 1 heterocycles. The molecule has 0 saturated carbocycles. The van der Waals surface area contributed by atoms with E-state index in [-0.39, 0.29) is 4.90 Å². The fraction of sp³-hybridized carbons (Fsp3) is 0.167. The first-order valence-electron chi connectivity index (χ1n) is 5.35. The molecule has 0 radical (unpaired) electrons. The maximum absolute atomic E-state index is 12.4. The molecule has 1 aromatic heterocycles. The molecular formula is C12H11BrClNO2S2. The van der Waals surface area contributed by atoms with Crippen molar-refractivity contribution in [3.8, 4) is 0 Å². The molecule has 0 fully saturated rings. The van der Waals surface area contributed by atoms with Gasteiger partial charge in [0.15, 0.2) is 0 Å². The summed E-state index contributed by atoms with van der Waals surface area (Å²) in [5.74, 6) is 0. The Morgan fingerprint density at radius 1 is 1.32 bits per heavy atom. The number of rotatable bonds is 3. The van der Waals surface area contributed by atoms with E-state index in [4.69, 9.17) is 11.6 Å². The lowest BCUT2D eigenvalue weighted by atomic mass is 10.2. The Morgan fingerprint density at radius 2 is 2.00 bits per heavy atom. The minimum atomic E-state index is -3.62. The average Bonchev–Trinajstić information content (AvgIpc) is 2.64. The van der Waals surface area contributed by atoms with Crippen molar-refractivity contribution in [1.29, 1.82) is 0 Å². The highest BCUT2D eigenvalue weighted by Gasteiger charge is 2.21. The number of thiophene rings is 1. The second kappa shape index (κ2) is 5.44. The standard InChI is InChI=1S/C12H11BrClNO2S2/c1-7-4-3-5-9(14)12(7)15-19(16,17)10-6-11(13)18-8(10)2/h3-6,15H,1-2H3. The predicted octanol–water partition coefficient (Wildman–Crippen LogP) is 4.58. The third-order valence-corrected chi connectivity index (χ3v) is 6.06. The Labute approximate surface area is 129 Å². The Hall–Kier alpha value is -0.560. The minimum absolute atomic E-state index is 0.267. The summed E-state index contributed by atoms with van der Waals surface area (Å²) in [6, 6.07) is 6.83. The molecular weight excluding hydrogens is 370 g/mol. The zero-order chi connectivity index (χ0) is 14.2. The largest absolute Gasteiger partial charge is 0.278 e. The van der Waals surface area contributed by atoms with Gasteiger partial charge in [-0.25, -0.2) is 8.42 Å². The molecule has 1 aromatic carbocycles. The van der Waals surface area contributed by atoms with Gasteiger partial charge in [0.05, 0.1) is 14.5 Å². The fourth-order valence-corrected chi connectivity index (χ4v) is 5.54. The summed E-state index contributed by atoms with van der Waals surface area (Å²) < 4.78 is 28.0. The molecule has 0 aliphatic rings. The van der Waals surface area contributed by atoms with Crippen LogP contribution in [0.4, 0.5) is 5.69 Å². The second-order valence-corrected chi connectivity index (χ2v) is 8.70. The third kappa shape index (κ3) is 3.13. The molecule has 0 unspecified atom stereocenters. The van der Waals surface area contributed by atoms with Gasteiger partial charge in [-0.1, -0.05) is 23.7 Å². The molecule has 102 valence electrons. The Bertz CT molecular complexity index is 705. The average molecular weight is 381 g/mol. The van der Waals surface area contributed by atoms with Crippen molar-refractivity contribution in [3.63, 3.8) is 0 Å². The van der Waals surface area contributed by atoms with Gasteiger partial charge in [-0.15, -0.1) is 11.3 Å². The smallest absolute Gasteiger partial charge is 0.263 e. The highest BCUT2D eigenvalue weighted by atomic mass is 79.9. The molecule has 0 aliphatic carbocycles. The topological polar surface area (TPSA) is 46.2 Å². The summed E-state index contributed by atoms with van der Waals surface area (Å²) >= 11 is 10.7. The summed E-state index contributed by atoms with van der Waals surface area (Å²) in [4.78, 5) is 0.993. The molecule has 19 heavy (non-hydrogen) atoms. The first-order chi connectivity index (χ1) is 8.81. The van der Waals surface area contributed by atoms with Crippen LogP contribution in [-0.2, 0) is 10.0 Å². The van der Waals surface area contributed by atoms with Gasteiger partial charge in [-0.3, -0.25) is 4.72 Å². The minimum Gasteiger partial charge on any atom is -0.278 e. The van der Waals surface area contributed by atoms with Crippen LogP contribution in [0.5, 0.6) is 0 Å². The van der Waals surface area contributed by atoms with Crippen LogP contribution in [0.15, 0.2) is 32.9 Å². The maximum Gasteiger partial charge on any atom is 0.263 e. The summed E-state index contributed by atoms with van der Waals surface area (Å²) in [5.41, 5.74) is 1.20. The third-order valence-electron chi connectivity index (χ3n) is 2.59. The highest BCUT2D eigenvalue weighted by Crippen LogP contribution is 2.33. The molecule has 0 amide bonds. The van der Waals surface area contributed by atoms with Gasteiger partial charge in [-0.05, 0) is 47.5 Å². The quantitative estimate of drug-likeness (QED) is 0.847. The lowest BCUT2D eigenvalue weighted by molar-refractivity contribution is 0.601. The number of para-hydroxylation sites is 1. The van der Waals surface area contributed by atoms with Crippen LogP contribution in [0.2, 0.25) is 5.02 Å². The number of halogens is 2. The summed E-state index contributed by atoms with van der Waals surface area (Å²) in [6.07, 6.45) is 0. The molecule has 2 aromatic rings. The van der Waals surface area contributed by atoms with Crippen LogP contribution in [0.25, 0.3) is 0 Å². The van der Waals surface area contributed by atoms with Gasteiger partial charge in [0.25, 0.3) is 10.0 Å². The van der Waals surface area contributed by atoms with E-state index in [0.717, 1.165) is 14.2 Å². The number of hydrogen-bond donors (Lipinski definition) is 1. The second-order valence-electron chi connectivity index (χ2n) is 4.01. The van der Waals surface area contributed by atoms with Gasteiger partial charge in [0, 0.05) is 4.88 Å². The molecule has 0 aliphatic heterocycles. The summed E-state index contributed by atoms with van der Waals surface area (Å²) in [7, 11) is -3.62. The molecule has 2 rings (SSSR count). The van der Waals surface area contributed by atoms with Gasteiger partial charge >= 0.3 is 0 Å². The van der Waals surface area contributed by atoms with Crippen LogP contribution < -0.4 is 4.72 Å². The normalized spacial score (nSPS) is 11.6. The van der Waals surface area contributed by atoms with Crippen molar-refractivity contribution in [2.75, 3.05) is 4.72 Å². The number of aryl methyl sites for hydroxylation is 2. The number of hydrogen-bond acceptors (Lipinski definition) is 3. The van der Waals surface area contributed by atoms with Gasteiger partial charge < -0.3 is 0 Å². The number of benzene rings is 1. The van der Waals surface area contributed by atoms with E-state index in [1.54, 1.807) is 38.1 Å². The number of anilines is 1. The molecule has 0 spiro atoms. The van der Waals surface area contributed by atoms with E-state index in [0.29, 0.717) is 10.7 Å². The summed E-state index contributed by atoms with van der Waals surface area (Å²) in [5, 5.41) is 0.385. The molecule has 3 nitrogen and oxygen atoms in total. The Kier molecular flexibility index (Phi) is 4.25. The first kappa shape index (κ1) is 14.8. The zero-order valence-corrected chi connectivity index (χ0v) is 14.2. The van der Waals surface area contributed by atoms with Gasteiger partial charge in [0.1, 0.15) is 4.90 Å². The number of nitrogens with one attached hydrogen (secondary N) is 1. The van der Waals surface area contributed by atoms with Crippen molar-refractivity contribution >= 4 is 54.6 Å². The first-order valence-corrected chi connectivity index (χ1v) is 8.82. The lowest BCUT2D eigenvalue weighted by Gasteiger charge is -2.11. The van der Waals surface area contributed by atoms with Crippen molar-refractivity contribution in [2.45, 2.75) is 18.7 Å². The van der Waals surface area contributed by atoms with E-state index >= 15 is 0 Å². The monoisotopic (exact) mass is 379 g/mol. The molecule has 0 atom stereocenters. The Balaban J connectivity index is 2.45. The Morgan fingerprint density at radius 3 is 2.53 bits per heavy atom. The zero-order valence-electron chi connectivity index (χ0n) is 10.2. The van der Waals surface area contributed by atoms with Crippen LogP contribution in [-0.4, -0.2) is 8.42 Å². The van der Waals surface area contributed by atoms with Crippen molar-refractivity contribution < 1.29 is 8.42 Å². The van der Waals surface area contributed by atoms with Crippen LogP contribution in [0.1, 0.15) is 10.4 Å². The van der Waals surface area contributed by atoms with Crippen LogP contribution in [0.3, 0.4) is 0 Å². The van der Waals surface area contributed by atoms with Crippen molar-refractivity contribution in [3.05, 3.63) is 43.5 Å². The molecule has 0 bridgehead atoms. The van der Waals surface area contributed by atoms with E-state index in [9.17, 15) is 8.42 Å². The maximum atomic E-state index is 12.4. The molecule has 0 saturated heterocycles. The van der Waals surface area contributed by atoms with E-state index in [1.807, 2.05) is 0 Å². The summed E-state index contributed by atoms with van der Waals surface area (Å²) in [6.45, 7) is 3.57. The molecule has 7 heteroatoms. The van der Waals surface area contributed by atoms with E-state index in [1.165, 1.54) is 11.3 Å². The lowest BCUT2D eigenvalue weighted by Crippen LogP contribution is -2.14. The predicted molar refractivity (Wildman–Crippen MR) is 83.8 cm³/mol. The highest BCUT2D eigenvalue weighted by molar-refractivity contribution is 9.11.